The highest BCUT2D eigenvalue weighted by atomic mass is 16.3. The van der Waals surface area contributed by atoms with Crippen molar-refractivity contribution in [1.29, 1.82) is 0 Å². The first-order chi connectivity index (χ1) is 17.3. The van der Waals surface area contributed by atoms with E-state index in [-0.39, 0.29) is 12.5 Å². The zero-order valence-corrected chi connectivity index (χ0v) is 20.9. The third-order valence-electron chi connectivity index (χ3n) is 8.02. The highest BCUT2D eigenvalue weighted by Crippen LogP contribution is 2.47. The van der Waals surface area contributed by atoms with Crippen molar-refractivity contribution in [3.63, 3.8) is 0 Å². The van der Waals surface area contributed by atoms with Crippen LogP contribution in [-0.2, 0) is 15.2 Å². The van der Waals surface area contributed by atoms with E-state index in [0.29, 0.717) is 42.9 Å². The number of aliphatic hydroxyl groups is 2. The number of aliphatic hydroxyl groups excluding tert-OH is 1. The van der Waals surface area contributed by atoms with Crippen LogP contribution in [0.15, 0.2) is 60.7 Å². The van der Waals surface area contributed by atoms with Crippen LogP contribution in [0.5, 0.6) is 0 Å². The summed E-state index contributed by atoms with van der Waals surface area (Å²) < 4.78 is 0. The largest absolute Gasteiger partial charge is 0.396 e. The minimum atomic E-state index is -1.75. The molecule has 1 spiro atoms. The van der Waals surface area contributed by atoms with E-state index in [1.165, 1.54) is 4.90 Å². The standard InChI is InChI=1S/C28H34N4O4/c1-20(8-6-7-17-33)28(36)23-18-22(11-12-24(23)30(2)26(28)35)31-19-32(21-9-4-3-5-10-21)27(25(31)34)13-15-29-16-14-27/h3-6,8-12,18,20,29,33,36H,7,13-17,19H2,1-2H3/b8-6+/t20-,28+/m1/s1. The van der Waals surface area contributed by atoms with Crippen molar-refractivity contribution in [3.8, 4) is 0 Å². The van der Waals surface area contributed by atoms with Crippen LogP contribution < -0.4 is 20.0 Å². The van der Waals surface area contributed by atoms with Crippen LogP contribution >= 0.6 is 0 Å². The molecule has 8 nitrogen and oxygen atoms in total. The molecule has 3 aliphatic heterocycles. The number of piperidine rings is 1. The Labute approximate surface area is 211 Å². The van der Waals surface area contributed by atoms with E-state index in [9.17, 15) is 14.7 Å². The molecule has 0 unspecified atom stereocenters. The van der Waals surface area contributed by atoms with Gasteiger partial charge in [0.15, 0.2) is 5.60 Å². The van der Waals surface area contributed by atoms with E-state index in [1.807, 2.05) is 42.5 Å². The SMILES string of the molecule is C[C@H](/C=C/CCO)[C@@]1(O)C(=O)N(C)c2ccc(N3CN(c4ccccc4)C4(CCNCC4)C3=O)cc21. The fourth-order valence-electron chi connectivity index (χ4n) is 5.89. The van der Waals surface area contributed by atoms with Gasteiger partial charge in [0.2, 0.25) is 0 Å². The van der Waals surface area contributed by atoms with Crippen molar-refractivity contribution in [2.45, 2.75) is 37.3 Å². The Balaban J connectivity index is 1.55. The van der Waals surface area contributed by atoms with Gasteiger partial charge in [-0.2, -0.15) is 0 Å². The van der Waals surface area contributed by atoms with E-state index >= 15 is 0 Å². The molecule has 0 aromatic heterocycles. The maximum atomic E-state index is 14.0. The molecular formula is C28H34N4O4. The van der Waals surface area contributed by atoms with Gasteiger partial charge >= 0.3 is 0 Å². The topological polar surface area (TPSA) is 96.3 Å². The lowest BCUT2D eigenvalue weighted by atomic mass is 9.82. The lowest BCUT2D eigenvalue weighted by molar-refractivity contribution is -0.139. The molecule has 2 saturated heterocycles. The minimum Gasteiger partial charge on any atom is -0.396 e. The Morgan fingerprint density at radius 3 is 2.47 bits per heavy atom. The van der Waals surface area contributed by atoms with Gasteiger partial charge in [-0.3, -0.25) is 14.5 Å². The Morgan fingerprint density at radius 2 is 1.78 bits per heavy atom. The second-order valence-corrected chi connectivity index (χ2v) is 9.98. The third-order valence-corrected chi connectivity index (χ3v) is 8.02. The van der Waals surface area contributed by atoms with Gasteiger partial charge in [-0.25, -0.2) is 0 Å². The van der Waals surface area contributed by atoms with Crippen molar-refractivity contribution >= 4 is 28.9 Å². The van der Waals surface area contributed by atoms with Crippen LogP contribution in [0.25, 0.3) is 0 Å². The number of hydrogen-bond acceptors (Lipinski definition) is 6. The predicted molar refractivity (Wildman–Crippen MR) is 140 cm³/mol. The van der Waals surface area contributed by atoms with Crippen molar-refractivity contribution in [2.75, 3.05) is 48.1 Å². The molecular weight excluding hydrogens is 456 g/mol. The Hall–Kier alpha value is -3.20. The molecule has 36 heavy (non-hydrogen) atoms. The number of fused-ring (bicyclic) bond motifs is 1. The lowest BCUT2D eigenvalue weighted by Gasteiger charge is -2.39. The fraction of sp³-hybridized carbons (Fsp3) is 0.429. The summed E-state index contributed by atoms with van der Waals surface area (Å²) in [7, 11) is 1.66. The molecule has 0 aliphatic carbocycles. The number of anilines is 3. The summed E-state index contributed by atoms with van der Waals surface area (Å²) in [6, 6.07) is 15.5. The van der Waals surface area contributed by atoms with Crippen molar-refractivity contribution in [3.05, 3.63) is 66.2 Å². The van der Waals surface area contributed by atoms with E-state index in [0.717, 1.165) is 18.8 Å². The first kappa shape index (κ1) is 24.5. The summed E-state index contributed by atoms with van der Waals surface area (Å²) in [6.45, 7) is 3.73. The number of amides is 2. The van der Waals surface area contributed by atoms with Gasteiger partial charge in [-0.1, -0.05) is 37.3 Å². The maximum Gasteiger partial charge on any atom is 0.264 e. The highest BCUT2D eigenvalue weighted by molar-refractivity contribution is 6.09. The predicted octanol–water partition coefficient (Wildman–Crippen LogP) is 2.36. The van der Waals surface area contributed by atoms with Crippen LogP contribution in [0.1, 0.15) is 31.7 Å². The quantitative estimate of drug-likeness (QED) is 0.538. The first-order valence-corrected chi connectivity index (χ1v) is 12.6. The molecule has 3 N–H and O–H groups in total. The number of rotatable bonds is 6. The molecule has 2 aromatic rings. The van der Waals surface area contributed by atoms with Crippen molar-refractivity contribution < 1.29 is 19.8 Å². The summed E-state index contributed by atoms with van der Waals surface area (Å²) >= 11 is 0. The Morgan fingerprint density at radius 1 is 1.06 bits per heavy atom. The molecule has 0 bridgehead atoms. The third kappa shape index (κ3) is 3.63. The summed E-state index contributed by atoms with van der Waals surface area (Å²) in [5.41, 5.74) is 0.430. The number of hydrogen-bond donors (Lipinski definition) is 3. The average molecular weight is 491 g/mol. The van der Waals surface area contributed by atoms with Gasteiger partial charge in [0, 0.05) is 36.5 Å². The van der Waals surface area contributed by atoms with Gasteiger partial charge in [0.1, 0.15) is 5.54 Å². The summed E-state index contributed by atoms with van der Waals surface area (Å²) in [5, 5.41) is 24.2. The van der Waals surface area contributed by atoms with Crippen molar-refractivity contribution in [2.24, 2.45) is 5.92 Å². The number of likely N-dealkylation sites (N-methyl/N-ethyl adjacent to an activating group) is 1. The summed E-state index contributed by atoms with van der Waals surface area (Å²) in [4.78, 5) is 32.7. The number of carbonyl (C=O) groups excluding carboxylic acids is 2. The van der Waals surface area contributed by atoms with Crippen LogP contribution in [-0.4, -0.2) is 61.0 Å². The van der Waals surface area contributed by atoms with Crippen LogP contribution in [0, 0.1) is 5.92 Å². The van der Waals surface area contributed by atoms with Crippen LogP contribution in [0.3, 0.4) is 0 Å². The highest BCUT2D eigenvalue weighted by Gasteiger charge is 2.55. The van der Waals surface area contributed by atoms with Gasteiger partial charge in [0.25, 0.3) is 11.8 Å². The van der Waals surface area contributed by atoms with Crippen LogP contribution in [0.4, 0.5) is 17.1 Å². The molecule has 5 rings (SSSR count). The lowest BCUT2D eigenvalue weighted by Crippen LogP contribution is -2.55. The zero-order valence-electron chi connectivity index (χ0n) is 20.9. The summed E-state index contributed by atoms with van der Waals surface area (Å²) in [5.74, 6) is -0.865. The fourth-order valence-corrected chi connectivity index (χ4v) is 5.89. The zero-order chi connectivity index (χ0) is 25.5. The maximum absolute atomic E-state index is 14.0. The molecule has 2 atom stereocenters. The Kier molecular flexibility index (Phi) is 6.36. The van der Waals surface area contributed by atoms with Gasteiger partial charge in [-0.15, -0.1) is 0 Å². The van der Waals surface area contributed by atoms with E-state index in [1.54, 1.807) is 37.1 Å². The number of para-hydroxylation sites is 1. The molecule has 3 heterocycles. The number of nitrogens with zero attached hydrogens (tertiary/aromatic N) is 3. The van der Waals surface area contributed by atoms with E-state index in [2.05, 4.69) is 10.2 Å². The monoisotopic (exact) mass is 490 g/mol. The molecule has 0 radical (unpaired) electrons. The second-order valence-electron chi connectivity index (χ2n) is 9.98. The molecule has 2 fully saturated rings. The van der Waals surface area contributed by atoms with Gasteiger partial charge in [0.05, 0.1) is 12.4 Å². The molecule has 2 amide bonds. The molecule has 2 aromatic carbocycles. The number of benzene rings is 2. The Bertz CT molecular complexity index is 1180. The summed E-state index contributed by atoms with van der Waals surface area (Å²) in [6.07, 6.45) is 5.41. The number of nitrogens with one attached hydrogen (secondary N) is 1. The van der Waals surface area contributed by atoms with Crippen LogP contribution in [0.2, 0.25) is 0 Å². The second kappa shape index (κ2) is 9.35. The van der Waals surface area contributed by atoms with E-state index < -0.39 is 23.0 Å². The number of carbonyl (C=O) groups is 2. The molecule has 8 heteroatoms. The average Bonchev–Trinajstić information content (AvgIpc) is 3.29. The minimum absolute atomic E-state index is 0.00247. The normalized spacial score (nSPS) is 24.3. The molecule has 190 valence electrons. The first-order valence-electron chi connectivity index (χ1n) is 12.6. The van der Waals surface area contributed by atoms with Crippen molar-refractivity contribution in [1.82, 2.24) is 5.32 Å². The smallest absolute Gasteiger partial charge is 0.264 e. The molecule has 3 aliphatic rings. The van der Waals surface area contributed by atoms with Gasteiger partial charge in [-0.05, 0) is 62.7 Å². The van der Waals surface area contributed by atoms with E-state index in [4.69, 9.17) is 5.11 Å². The molecule has 0 saturated carbocycles. The van der Waals surface area contributed by atoms with Gasteiger partial charge < -0.3 is 25.3 Å².